The number of rotatable bonds is 4. The smallest absolute Gasteiger partial charge is 0.0719 e. The molecule has 1 aromatic carbocycles. The van der Waals surface area contributed by atoms with E-state index in [2.05, 4.69) is 22.1 Å². The number of para-hydroxylation sites is 1. The minimum absolute atomic E-state index is 0.128. The lowest BCUT2D eigenvalue weighted by Gasteiger charge is -2.15. The molecule has 0 saturated heterocycles. The van der Waals surface area contributed by atoms with Gasteiger partial charge < -0.3 is 10.6 Å². The van der Waals surface area contributed by atoms with Crippen LogP contribution in [-0.2, 0) is 13.5 Å². The number of aromatic nitrogens is 2. The summed E-state index contributed by atoms with van der Waals surface area (Å²) in [6.45, 7) is 0.880. The van der Waals surface area contributed by atoms with Crippen molar-refractivity contribution < 1.29 is 0 Å². The minimum atomic E-state index is 0.128. The molecule has 0 fully saturated rings. The van der Waals surface area contributed by atoms with E-state index in [-0.39, 0.29) is 6.04 Å². The normalized spacial score (nSPS) is 13.5. The van der Waals surface area contributed by atoms with Gasteiger partial charge in [0, 0.05) is 31.4 Å². The third-order valence-electron chi connectivity index (χ3n) is 2.89. The maximum Gasteiger partial charge on any atom is 0.0719 e. The van der Waals surface area contributed by atoms with Crippen molar-refractivity contribution in [1.82, 2.24) is 14.7 Å². The first-order valence-corrected chi connectivity index (χ1v) is 5.89. The lowest BCUT2D eigenvalue weighted by molar-refractivity contribution is 0.370. The van der Waals surface area contributed by atoms with Gasteiger partial charge in [-0.1, -0.05) is 18.2 Å². The van der Waals surface area contributed by atoms with Crippen LogP contribution in [0, 0.1) is 0 Å². The van der Waals surface area contributed by atoms with Gasteiger partial charge in [-0.15, -0.1) is 0 Å². The van der Waals surface area contributed by atoms with E-state index in [1.54, 1.807) is 0 Å². The molecule has 1 aromatic heterocycles. The van der Waals surface area contributed by atoms with E-state index in [0.717, 1.165) is 18.7 Å². The molecule has 0 spiro atoms. The number of likely N-dealkylation sites (N-methyl/N-ethyl adjacent to an activating group) is 1. The first-order chi connectivity index (χ1) is 8.08. The molecule has 0 radical (unpaired) electrons. The second-order valence-corrected chi connectivity index (χ2v) is 4.81. The fourth-order valence-electron chi connectivity index (χ4n) is 2.22. The highest BCUT2D eigenvalue weighted by molar-refractivity contribution is 5.81. The number of aryl methyl sites for hydroxylation is 1. The van der Waals surface area contributed by atoms with Crippen LogP contribution in [0.3, 0.4) is 0 Å². The van der Waals surface area contributed by atoms with Crippen molar-refractivity contribution in [3.05, 3.63) is 30.0 Å². The third-order valence-corrected chi connectivity index (χ3v) is 2.89. The van der Waals surface area contributed by atoms with Crippen LogP contribution in [0.15, 0.2) is 24.3 Å². The zero-order valence-corrected chi connectivity index (χ0v) is 10.7. The van der Waals surface area contributed by atoms with Crippen molar-refractivity contribution in [2.45, 2.75) is 12.5 Å². The van der Waals surface area contributed by atoms with Crippen LogP contribution in [0.5, 0.6) is 0 Å². The van der Waals surface area contributed by atoms with Crippen LogP contribution in [-0.4, -0.2) is 41.4 Å². The van der Waals surface area contributed by atoms with Crippen LogP contribution >= 0.6 is 0 Å². The first kappa shape index (κ1) is 12.1. The summed E-state index contributed by atoms with van der Waals surface area (Å²) in [6.07, 6.45) is 0.819. The average Bonchev–Trinajstić information content (AvgIpc) is 2.55. The van der Waals surface area contributed by atoms with Crippen molar-refractivity contribution in [2.24, 2.45) is 12.8 Å². The fraction of sp³-hybridized carbons (Fsp3) is 0.462. The van der Waals surface area contributed by atoms with Gasteiger partial charge in [-0.05, 0) is 20.2 Å². The maximum absolute atomic E-state index is 6.12. The van der Waals surface area contributed by atoms with E-state index < -0.39 is 0 Å². The molecule has 1 heterocycles. The molecule has 0 aliphatic heterocycles. The van der Waals surface area contributed by atoms with E-state index in [0.29, 0.717) is 0 Å². The molecule has 4 nitrogen and oxygen atoms in total. The van der Waals surface area contributed by atoms with E-state index in [1.165, 1.54) is 10.9 Å². The molecular formula is C13H20N4. The van der Waals surface area contributed by atoms with Gasteiger partial charge in [-0.25, -0.2) is 0 Å². The molecule has 1 unspecified atom stereocenters. The average molecular weight is 232 g/mol. The highest BCUT2D eigenvalue weighted by Gasteiger charge is 2.12. The Kier molecular flexibility index (Phi) is 3.45. The molecule has 2 rings (SSSR count). The van der Waals surface area contributed by atoms with Gasteiger partial charge in [0.25, 0.3) is 0 Å². The number of hydrogen-bond acceptors (Lipinski definition) is 3. The molecule has 1 atom stereocenters. The van der Waals surface area contributed by atoms with Crippen molar-refractivity contribution >= 4 is 10.9 Å². The van der Waals surface area contributed by atoms with E-state index in [9.17, 15) is 0 Å². The molecule has 2 N–H and O–H groups in total. The lowest BCUT2D eigenvalue weighted by atomic mass is 10.1. The number of nitrogens with zero attached hydrogens (tertiary/aromatic N) is 3. The Labute approximate surface area is 102 Å². The second kappa shape index (κ2) is 4.85. The monoisotopic (exact) mass is 232 g/mol. The standard InChI is InChI=1S/C13H20N4/c1-16(2)9-10(14)8-12-11-6-4-5-7-13(11)17(3)15-12/h4-7,10H,8-9,14H2,1-3H3. The Morgan fingerprint density at radius 3 is 2.76 bits per heavy atom. The minimum Gasteiger partial charge on any atom is -0.326 e. The van der Waals surface area contributed by atoms with E-state index >= 15 is 0 Å². The molecule has 92 valence electrons. The number of nitrogens with two attached hydrogens (primary N) is 1. The molecule has 0 aliphatic carbocycles. The summed E-state index contributed by atoms with van der Waals surface area (Å²) in [4.78, 5) is 2.11. The summed E-state index contributed by atoms with van der Waals surface area (Å²) in [5, 5.41) is 5.77. The van der Waals surface area contributed by atoms with Crippen LogP contribution < -0.4 is 5.73 Å². The summed E-state index contributed by atoms with van der Waals surface area (Å²) < 4.78 is 1.92. The van der Waals surface area contributed by atoms with Gasteiger partial charge in [0.1, 0.15) is 0 Å². The van der Waals surface area contributed by atoms with Gasteiger partial charge in [0.05, 0.1) is 11.2 Å². The molecule has 0 bridgehead atoms. The van der Waals surface area contributed by atoms with Crippen molar-refractivity contribution in [2.75, 3.05) is 20.6 Å². The highest BCUT2D eigenvalue weighted by Crippen LogP contribution is 2.18. The SMILES string of the molecule is CN(C)CC(N)Cc1nn(C)c2ccccc12. The van der Waals surface area contributed by atoms with Gasteiger partial charge in [-0.3, -0.25) is 4.68 Å². The van der Waals surface area contributed by atoms with Crippen molar-refractivity contribution in [3.8, 4) is 0 Å². The summed E-state index contributed by atoms with van der Waals surface area (Å²) in [5.74, 6) is 0. The van der Waals surface area contributed by atoms with Gasteiger partial charge in [0.2, 0.25) is 0 Å². The molecule has 17 heavy (non-hydrogen) atoms. The Hall–Kier alpha value is -1.39. The van der Waals surface area contributed by atoms with Gasteiger partial charge in [0.15, 0.2) is 0 Å². The summed E-state index contributed by atoms with van der Waals surface area (Å²) in [5.41, 5.74) is 8.38. The van der Waals surface area contributed by atoms with E-state index in [4.69, 9.17) is 5.73 Å². The predicted octanol–water partition coefficient (Wildman–Crippen LogP) is 1.00. The Morgan fingerprint density at radius 1 is 1.35 bits per heavy atom. The lowest BCUT2D eigenvalue weighted by Crippen LogP contribution is -2.35. The van der Waals surface area contributed by atoms with Crippen LogP contribution in [0.4, 0.5) is 0 Å². The van der Waals surface area contributed by atoms with Gasteiger partial charge >= 0.3 is 0 Å². The van der Waals surface area contributed by atoms with Crippen molar-refractivity contribution in [3.63, 3.8) is 0 Å². The molecule has 0 saturated carbocycles. The number of hydrogen-bond donors (Lipinski definition) is 1. The summed E-state index contributed by atoms with van der Waals surface area (Å²) >= 11 is 0. The zero-order chi connectivity index (χ0) is 12.4. The zero-order valence-electron chi connectivity index (χ0n) is 10.7. The Morgan fingerprint density at radius 2 is 2.06 bits per heavy atom. The quantitative estimate of drug-likeness (QED) is 0.855. The van der Waals surface area contributed by atoms with Crippen LogP contribution in [0.25, 0.3) is 10.9 Å². The largest absolute Gasteiger partial charge is 0.326 e. The Balaban J connectivity index is 2.24. The van der Waals surface area contributed by atoms with Gasteiger partial charge in [-0.2, -0.15) is 5.10 Å². The second-order valence-electron chi connectivity index (χ2n) is 4.81. The summed E-state index contributed by atoms with van der Waals surface area (Å²) in [7, 11) is 6.05. The Bertz CT molecular complexity index is 501. The molecule has 0 amide bonds. The number of fused-ring (bicyclic) bond motifs is 1. The molecule has 4 heteroatoms. The third kappa shape index (κ3) is 2.65. The highest BCUT2D eigenvalue weighted by atomic mass is 15.3. The number of benzene rings is 1. The van der Waals surface area contributed by atoms with Crippen molar-refractivity contribution in [1.29, 1.82) is 0 Å². The molecule has 0 aliphatic rings. The maximum atomic E-state index is 6.12. The first-order valence-electron chi connectivity index (χ1n) is 5.89. The topological polar surface area (TPSA) is 47.1 Å². The molecule has 2 aromatic rings. The molecular weight excluding hydrogens is 212 g/mol. The fourth-order valence-corrected chi connectivity index (χ4v) is 2.22. The van der Waals surface area contributed by atoms with E-state index in [1.807, 2.05) is 38.0 Å². The van der Waals surface area contributed by atoms with Crippen LogP contribution in [0.1, 0.15) is 5.69 Å². The predicted molar refractivity (Wildman–Crippen MR) is 70.9 cm³/mol. The van der Waals surface area contributed by atoms with Crippen LogP contribution in [0.2, 0.25) is 0 Å². The summed E-state index contributed by atoms with van der Waals surface area (Å²) in [6, 6.07) is 8.41.